The van der Waals surface area contributed by atoms with Crippen LogP contribution in [0.1, 0.15) is 23.2 Å². The van der Waals surface area contributed by atoms with E-state index in [1.807, 2.05) is 0 Å². The summed E-state index contributed by atoms with van der Waals surface area (Å²) >= 11 is 11.9. The molecule has 1 fully saturated rings. The van der Waals surface area contributed by atoms with E-state index in [2.05, 4.69) is 0 Å². The molecule has 2 rings (SSSR count). The second-order valence-corrected chi connectivity index (χ2v) is 4.50. The van der Waals surface area contributed by atoms with E-state index in [0.29, 0.717) is 40.2 Å². The minimum atomic E-state index is 0.394. The number of hydrogen-bond donors (Lipinski definition) is 0. The average molecular weight is 245 g/mol. The van der Waals surface area contributed by atoms with Gasteiger partial charge in [0, 0.05) is 5.56 Å². The lowest BCUT2D eigenvalue weighted by atomic mass is 10.2. The van der Waals surface area contributed by atoms with Gasteiger partial charge in [0.25, 0.3) is 0 Å². The van der Waals surface area contributed by atoms with Crippen molar-refractivity contribution in [1.29, 1.82) is 0 Å². The van der Waals surface area contributed by atoms with Gasteiger partial charge in [-0.3, -0.25) is 4.79 Å². The van der Waals surface area contributed by atoms with Crippen molar-refractivity contribution in [1.82, 2.24) is 0 Å². The summed E-state index contributed by atoms with van der Waals surface area (Å²) in [5.41, 5.74) is 0.462. The zero-order valence-electron chi connectivity index (χ0n) is 8.00. The SMILES string of the molecule is O=Cc1cc(Cl)c(OCC2CC2)c(Cl)c1. The quantitative estimate of drug-likeness (QED) is 0.757. The smallest absolute Gasteiger partial charge is 0.156 e. The summed E-state index contributed by atoms with van der Waals surface area (Å²) < 4.78 is 5.51. The van der Waals surface area contributed by atoms with Crippen molar-refractivity contribution in [2.75, 3.05) is 6.61 Å². The third-order valence-electron chi connectivity index (χ3n) is 2.32. The molecule has 0 bridgehead atoms. The van der Waals surface area contributed by atoms with Gasteiger partial charge < -0.3 is 4.74 Å². The summed E-state index contributed by atoms with van der Waals surface area (Å²) in [5, 5.41) is 0.788. The number of rotatable bonds is 4. The van der Waals surface area contributed by atoms with Crippen molar-refractivity contribution in [3.8, 4) is 5.75 Å². The Labute approximate surface area is 98.1 Å². The molecule has 80 valence electrons. The van der Waals surface area contributed by atoms with E-state index in [1.54, 1.807) is 12.1 Å². The van der Waals surface area contributed by atoms with Crippen molar-refractivity contribution in [2.45, 2.75) is 12.8 Å². The zero-order chi connectivity index (χ0) is 10.8. The first-order chi connectivity index (χ1) is 7.20. The van der Waals surface area contributed by atoms with Crippen molar-refractivity contribution >= 4 is 29.5 Å². The highest BCUT2D eigenvalue weighted by Crippen LogP contribution is 2.36. The van der Waals surface area contributed by atoms with Gasteiger partial charge in [-0.1, -0.05) is 23.2 Å². The van der Waals surface area contributed by atoms with Gasteiger partial charge in [-0.15, -0.1) is 0 Å². The molecule has 1 aliphatic carbocycles. The lowest BCUT2D eigenvalue weighted by molar-refractivity contribution is 0.112. The highest BCUT2D eigenvalue weighted by molar-refractivity contribution is 6.37. The minimum Gasteiger partial charge on any atom is -0.490 e. The number of carbonyl (C=O) groups excluding carboxylic acids is 1. The molecule has 4 heteroatoms. The molecule has 0 radical (unpaired) electrons. The van der Waals surface area contributed by atoms with Gasteiger partial charge in [0.2, 0.25) is 0 Å². The van der Waals surface area contributed by atoms with E-state index >= 15 is 0 Å². The van der Waals surface area contributed by atoms with E-state index in [4.69, 9.17) is 27.9 Å². The molecule has 1 saturated carbocycles. The van der Waals surface area contributed by atoms with Gasteiger partial charge in [-0.25, -0.2) is 0 Å². The Morgan fingerprint density at radius 3 is 2.40 bits per heavy atom. The lowest BCUT2D eigenvalue weighted by Crippen LogP contribution is -2.00. The maximum absolute atomic E-state index is 10.5. The van der Waals surface area contributed by atoms with Crippen LogP contribution in [0.2, 0.25) is 10.0 Å². The van der Waals surface area contributed by atoms with E-state index in [1.165, 1.54) is 12.8 Å². The topological polar surface area (TPSA) is 26.3 Å². The standard InChI is InChI=1S/C11H10Cl2O2/c12-9-3-8(5-14)4-10(13)11(9)15-6-7-1-2-7/h3-5,7H,1-2,6H2. The number of aldehydes is 1. The van der Waals surface area contributed by atoms with Gasteiger partial charge in [-0.2, -0.15) is 0 Å². The van der Waals surface area contributed by atoms with Crippen molar-refractivity contribution in [3.05, 3.63) is 27.7 Å². The molecule has 0 saturated heterocycles. The highest BCUT2D eigenvalue weighted by atomic mass is 35.5. The number of benzene rings is 1. The van der Waals surface area contributed by atoms with Crippen LogP contribution >= 0.6 is 23.2 Å². The van der Waals surface area contributed by atoms with Gasteiger partial charge in [0.1, 0.15) is 6.29 Å². The summed E-state index contributed by atoms with van der Waals surface area (Å²) in [6, 6.07) is 3.12. The van der Waals surface area contributed by atoms with E-state index in [9.17, 15) is 4.79 Å². The summed E-state index contributed by atoms with van der Waals surface area (Å²) in [6.45, 7) is 0.653. The molecule has 1 aliphatic rings. The van der Waals surface area contributed by atoms with Crippen LogP contribution in [-0.2, 0) is 0 Å². The Morgan fingerprint density at radius 1 is 1.33 bits per heavy atom. The molecule has 0 amide bonds. The normalized spacial score (nSPS) is 15.1. The van der Waals surface area contributed by atoms with Crippen LogP contribution in [0.15, 0.2) is 12.1 Å². The fraction of sp³-hybridized carbons (Fsp3) is 0.364. The van der Waals surface area contributed by atoms with Gasteiger partial charge in [0.05, 0.1) is 16.7 Å². The maximum atomic E-state index is 10.5. The Hall–Kier alpha value is -0.730. The zero-order valence-corrected chi connectivity index (χ0v) is 9.52. The van der Waals surface area contributed by atoms with Crippen LogP contribution in [0, 0.1) is 5.92 Å². The van der Waals surface area contributed by atoms with E-state index in [-0.39, 0.29) is 0 Å². The molecular weight excluding hydrogens is 235 g/mol. The monoisotopic (exact) mass is 244 g/mol. The third kappa shape index (κ3) is 2.64. The minimum absolute atomic E-state index is 0.394. The second kappa shape index (κ2) is 4.42. The number of hydrogen-bond acceptors (Lipinski definition) is 2. The summed E-state index contributed by atoms with van der Waals surface area (Å²) in [4.78, 5) is 10.5. The van der Waals surface area contributed by atoms with Crippen LogP contribution in [0.25, 0.3) is 0 Å². The van der Waals surface area contributed by atoms with Crippen molar-refractivity contribution < 1.29 is 9.53 Å². The van der Waals surface area contributed by atoms with Crippen LogP contribution in [-0.4, -0.2) is 12.9 Å². The van der Waals surface area contributed by atoms with Crippen LogP contribution in [0.3, 0.4) is 0 Å². The van der Waals surface area contributed by atoms with Gasteiger partial charge in [0.15, 0.2) is 5.75 Å². The Kier molecular flexibility index (Phi) is 3.17. The first-order valence-electron chi connectivity index (χ1n) is 4.77. The Morgan fingerprint density at radius 2 is 1.93 bits per heavy atom. The van der Waals surface area contributed by atoms with Crippen LogP contribution in [0.4, 0.5) is 0 Å². The molecule has 1 aromatic rings. The average Bonchev–Trinajstić information content (AvgIpc) is 3.00. The molecule has 1 aromatic carbocycles. The third-order valence-corrected chi connectivity index (χ3v) is 2.88. The second-order valence-electron chi connectivity index (χ2n) is 3.69. The summed E-state index contributed by atoms with van der Waals surface area (Å²) in [5.74, 6) is 1.12. The molecule has 0 unspecified atom stereocenters. The first kappa shape index (κ1) is 10.8. The number of halogens is 2. The molecule has 0 aliphatic heterocycles. The molecule has 15 heavy (non-hydrogen) atoms. The molecular formula is C11H10Cl2O2. The predicted molar refractivity (Wildman–Crippen MR) is 60.1 cm³/mol. The fourth-order valence-electron chi connectivity index (χ4n) is 1.27. The molecule has 0 aromatic heterocycles. The van der Waals surface area contributed by atoms with Crippen molar-refractivity contribution in [2.24, 2.45) is 5.92 Å². The van der Waals surface area contributed by atoms with Crippen molar-refractivity contribution in [3.63, 3.8) is 0 Å². The number of carbonyl (C=O) groups is 1. The molecule has 0 N–H and O–H groups in total. The van der Waals surface area contributed by atoms with E-state index < -0.39 is 0 Å². The first-order valence-corrected chi connectivity index (χ1v) is 5.53. The number of ether oxygens (including phenoxy) is 1. The molecule has 0 spiro atoms. The van der Waals surface area contributed by atoms with Gasteiger partial charge in [-0.05, 0) is 30.9 Å². The predicted octanol–water partition coefficient (Wildman–Crippen LogP) is 3.59. The molecule has 0 heterocycles. The molecule has 0 atom stereocenters. The lowest BCUT2D eigenvalue weighted by Gasteiger charge is -2.09. The van der Waals surface area contributed by atoms with E-state index in [0.717, 1.165) is 0 Å². The summed E-state index contributed by atoms with van der Waals surface area (Å²) in [7, 11) is 0. The largest absolute Gasteiger partial charge is 0.490 e. The van der Waals surface area contributed by atoms with Crippen LogP contribution in [0.5, 0.6) is 5.75 Å². The van der Waals surface area contributed by atoms with Crippen LogP contribution < -0.4 is 4.74 Å². The highest BCUT2D eigenvalue weighted by Gasteiger charge is 2.23. The fourth-order valence-corrected chi connectivity index (χ4v) is 1.88. The Balaban J connectivity index is 2.17. The Bertz CT molecular complexity index is 363. The molecule has 2 nitrogen and oxygen atoms in total. The maximum Gasteiger partial charge on any atom is 0.156 e. The summed E-state index contributed by atoms with van der Waals surface area (Å²) in [6.07, 6.45) is 3.13. The van der Waals surface area contributed by atoms with Gasteiger partial charge >= 0.3 is 0 Å².